The summed E-state index contributed by atoms with van der Waals surface area (Å²) in [5, 5.41) is 22.3. The van der Waals surface area contributed by atoms with Crippen molar-refractivity contribution < 1.29 is 15.0 Å². The molecule has 1 aromatic carbocycles. The van der Waals surface area contributed by atoms with Crippen molar-refractivity contribution in [3.63, 3.8) is 0 Å². The van der Waals surface area contributed by atoms with Crippen molar-refractivity contribution in [2.75, 3.05) is 13.1 Å². The van der Waals surface area contributed by atoms with Crippen molar-refractivity contribution in [1.82, 2.24) is 5.32 Å². The lowest BCUT2D eigenvalue weighted by atomic mass is 9.87. The predicted octanol–water partition coefficient (Wildman–Crippen LogP) is 1.04. The minimum absolute atomic E-state index is 0.280. The van der Waals surface area contributed by atoms with Gasteiger partial charge < -0.3 is 15.5 Å². The van der Waals surface area contributed by atoms with Gasteiger partial charge in [0.05, 0.1) is 11.2 Å². The van der Waals surface area contributed by atoms with E-state index in [0.29, 0.717) is 13.0 Å². The number of hydrogen-bond donors (Lipinski definition) is 3. The van der Waals surface area contributed by atoms with E-state index in [-0.39, 0.29) is 5.56 Å². The van der Waals surface area contributed by atoms with Crippen LogP contribution in [-0.2, 0) is 6.42 Å². The summed E-state index contributed by atoms with van der Waals surface area (Å²) in [6, 6.07) is 6.71. The average molecular weight is 235 g/mol. The van der Waals surface area contributed by atoms with Crippen LogP contribution in [0.25, 0.3) is 0 Å². The van der Waals surface area contributed by atoms with Crippen molar-refractivity contribution in [3.05, 3.63) is 35.4 Å². The van der Waals surface area contributed by atoms with Gasteiger partial charge in [0.15, 0.2) is 0 Å². The van der Waals surface area contributed by atoms with Gasteiger partial charge in [0, 0.05) is 13.0 Å². The van der Waals surface area contributed by atoms with E-state index in [2.05, 4.69) is 5.32 Å². The predicted molar refractivity (Wildman–Crippen MR) is 64.2 cm³/mol. The van der Waals surface area contributed by atoms with Crippen LogP contribution in [-0.4, -0.2) is 34.9 Å². The van der Waals surface area contributed by atoms with Gasteiger partial charge in [-0.15, -0.1) is 0 Å². The molecule has 1 aliphatic heterocycles. The molecule has 1 unspecified atom stereocenters. The van der Waals surface area contributed by atoms with Crippen molar-refractivity contribution in [2.24, 2.45) is 0 Å². The topological polar surface area (TPSA) is 69.6 Å². The molecule has 0 spiro atoms. The second-order valence-corrected chi connectivity index (χ2v) is 4.68. The monoisotopic (exact) mass is 235 g/mol. The maximum Gasteiger partial charge on any atom is 0.335 e. The lowest BCUT2D eigenvalue weighted by Gasteiger charge is -2.32. The maximum atomic E-state index is 10.7. The third-order valence-corrected chi connectivity index (χ3v) is 3.18. The van der Waals surface area contributed by atoms with Crippen LogP contribution in [0.2, 0.25) is 0 Å². The summed E-state index contributed by atoms with van der Waals surface area (Å²) >= 11 is 0. The lowest BCUT2D eigenvalue weighted by Crippen LogP contribution is -2.47. The van der Waals surface area contributed by atoms with E-state index < -0.39 is 11.6 Å². The molecule has 1 saturated heterocycles. The molecule has 0 radical (unpaired) electrons. The minimum atomic E-state index is -0.922. The van der Waals surface area contributed by atoms with Gasteiger partial charge in [-0.05, 0) is 37.1 Å². The number of carboxylic acid groups (broad SMARTS) is 1. The summed E-state index contributed by atoms with van der Waals surface area (Å²) in [6.07, 6.45) is 2.34. The van der Waals surface area contributed by atoms with Crippen molar-refractivity contribution in [3.8, 4) is 0 Å². The van der Waals surface area contributed by atoms with Crippen LogP contribution in [0.3, 0.4) is 0 Å². The molecule has 0 aliphatic carbocycles. The van der Waals surface area contributed by atoms with E-state index in [0.717, 1.165) is 24.9 Å². The van der Waals surface area contributed by atoms with Gasteiger partial charge in [-0.2, -0.15) is 0 Å². The first-order chi connectivity index (χ1) is 8.09. The highest BCUT2D eigenvalue weighted by Gasteiger charge is 2.29. The maximum absolute atomic E-state index is 10.7. The van der Waals surface area contributed by atoms with E-state index in [1.54, 1.807) is 24.3 Å². The van der Waals surface area contributed by atoms with Crippen LogP contribution in [0.4, 0.5) is 0 Å². The van der Waals surface area contributed by atoms with E-state index in [9.17, 15) is 9.90 Å². The van der Waals surface area contributed by atoms with E-state index in [1.165, 1.54) is 0 Å². The zero-order chi connectivity index (χ0) is 12.3. The van der Waals surface area contributed by atoms with E-state index >= 15 is 0 Å². The SMILES string of the molecule is O=C(O)c1ccc(CC2(O)CCCNC2)cc1. The Balaban J connectivity index is 2.05. The van der Waals surface area contributed by atoms with Crippen LogP contribution >= 0.6 is 0 Å². The number of nitrogens with one attached hydrogen (secondary N) is 1. The summed E-state index contributed by atoms with van der Waals surface area (Å²) in [6.45, 7) is 1.56. The number of aromatic carboxylic acids is 1. The molecule has 0 amide bonds. The normalized spacial score (nSPS) is 24.5. The quantitative estimate of drug-likeness (QED) is 0.732. The molecule has 2 rings (SSSR count). The van der Waals surface area contributed by atoms with Crippen molar-refractivity contribution in [1.29, 1.82) is 0 Å². The molecule has 0 bridgehead atoms. The number of aliphatic hydroxyl groups is 1. The van der Waals surface area contributed by atoms with Gasteiger partial charge in [0.2, 0.25) is 0 Å². The van der Waals surface area contributed by atoms with Crippen LogP contribution in [0, 0.1) is 0 Å². The first-order valence-corrected chi connectivity index (χ1v) is 5.84. The molecule has 0 aromatic heterocycles. The van der Waals surface area contributed by atoms with E-state index in [1.807, 2.05) is 0 Å². The minimum Gasteiger partial charge on any atom is -0.478 e. The Morgan fingerprint density at radius 2 is 2.06 bits per heavy atom. The molecule has 1 heterocycles. The molecule has 4 heteroatoms. The largest absolute Gasteiger partial charge is 0.478 e. The van der Waals surface area contributed by atoms with Crippen LogP contribution in [0.15, 0.2) is 24.3 Å². The van der Waals surface area contributed by atoms with Gasteiger partial charge in [-0.25, -0.2) is 4.79 Å². The molecule has 17 heavy (non-hydrogen) atoms. The Bertz CT molecular complexity index is 394. The fraction of sp³-hybridized carbons (Fsp3) is 0.462. The number of carboxylic acids is 1. The fourth-order valence-electron chi connectivity index (χ4n) is 2.25. The average Bonchev–Trinajstić information content (AvgIpc) is 2.30. The number of piperidine rings is 1. The molecule has 4 nitrogen and oxygen atoms in total. The zero-order valence-electron chi connectivity index (χ0n) is 9.65. The van der Waals surface area contributed by atoms with Crippen LogP contribution in [0.5, 0.6) is 0 Å². The summed E-state index contributed by atoms with van der Waals surface area (Å²) in [4.78, 5) is 10.7. The molecule has 0 saturated carbocycles. The molecule has 1 aliphatic rings. The van der Waals surface area contributed by atoms with Gasteiger partial charge in [0.25, 0.3) is 0 Å². The van der Waals surface area contributed by atoms with Gasteiger partial charge in [0.1, 0.15) is 0 Å². The van der Waals surface area contributed by atoms with Crippen LogP contribution < -0.4 is 5.32 Å². The highest BCUT2D eigenvalue weighted by atomic mass is 16.4. The molecule has 1 aromatic rings. The third-order valence-electron chi connectivity index (χ3n) is 3.18. The van der Waals surface area contributed by atoms with Crippen molar-refractivity contribution >= 4 is 5.97 Å². The molecular weight excluding hydrogens is 218 g/mol. The number of β-amino-alcohol motifs (C(OH)–C–C–N with tert-alkyl or cyclic N) is 1. The Morgan fingerprint density at radius 1 is 1.35 bits per heavy atom. The third kappa shape index (κ3) is 3.05. The summed E-state index contributed by atoms with van der Waals surface area (Å²) < 4.78 is 0. The second-order valence-electron chi connectivity index (χ2n) is 4.68. The number of hydrogen-bond acceptors (Lipinski definition) is 3. The number of carbonyl (C=O) groups is 1. The second kappa shape index (κ2) is 4.85. The lowest BCUT2D eigenvalue weighted by molar-refractivity contribution is 0.0169. The first-order valence-electron chi connectivity index (χ1n) is 5.84. The Hall–Kier alpha value is -1.39. The van der Waals surface area contributed by atoms with Gasteiger partial charge in [-0.3, -0.25) is 0 Å². The molecule has 1 atom stereocenters. The fourth-order valence-corrected chi connectivity index (χ4v) is 2.25. The zero-order valence-corrected chi connectivity index (χ0v) is 9.65. The summed E-state index contributed by atoms with van der Waals surface area (Å²) in [5.74, 6) is -0.922. The molecule has 92 valence electrons. The standard InChI is InChI=1S/C13H17NO3/c15-12(16)11-4-2-10(3-5-11)8-13(17)6-1-7-14-9-13/h2-5,14,17H,1,6-9H2,(H,15,16). The summed E-state index contributed by atoms with van der Waals surface area (Å²) in [7, 11) is 0. The molecule has 1 fully saturated rings. The van der Waals surface area contributed by atoms with Gasteiger partial charge in [-0.1, -0.05) is 12.1 Å². The Labute approximate surface area is 100 Å². The first kappa shape index (κ1) is 12.1. The van der Waals surface area contributed by atoms with E-state index in [4.69, 9.17) is 5.11 Å². The van der Waals surface area contributed by atoms with Gasteiger partial charge >= 0.3 is 5.97 Å². The molecular formula is C13H17NO3. The Kier molecular flexibility index (Phi) is 3.45. The number of rotatable bonds is 3. The highest BCUT2D eigenvalue weighted by Crippen LogP contribution is 2.21. The molecule has 3 N–H and O–H groups in total. The highest BCUT2D eigenvalue weighted by molar-refractivity contribution is 5.87. The smallest absolute Gasteiger partial charge is 0.335 e. The van der Waals surface area contributed by atoms with Crippen molar-refractivity contribution in [2.45, 2.75) is 24.9 Å². The Morgan fingerprint density at radius 3 is 2.59 bits per heavy atom. The summed E-state index contributed by atoms with van der Waals surface area (Å²) in [5.41, 5.74) is 0.562. The van der Waals surface area contributed by atoms with Crippen LogP contribution in [0.1, 0.15) is 28.8 Å². The number of benzene rings is 1.